The van der Waals surface area contributed by atoms with Gasteiger partial charge in [-0.2, -0.15) is 0 Å². The Morgan fingerprint density at radius 3 is 2.93 bits per heavy atom. The molecule has 1 nitrogen and oxygen atoms in total. The first kappa shape index (κ1) is 9.60. The van der Waals surface area contributed by atoms with Crippen LogP contribution >= 0.6 is 11.6 Å². The lowest BCUT2D eigenvalue weighted by molar-refractivity contribution is 0.412. The monoisotopic (exact) mass is 208 g/mol. The molecule has 0 fully saturated rings. The van der Waals surface area contributed by atoms with Gasteiger partial charge in [0, 0.05) is 10.6 Å². The van der Waals surface area contributed by atoms with Crippen LogP contribution in [0.15, 0.2) is 18.2 Å². The zero-order valence-electron chi connectivity index (χ0n) is 8.38. The van der Waals surface area contributed by atoms with Gasteiger partial charge in [-0.25, -0.2) is 0 Å². The van der Waals surface area contributed by atoms with Gasteiger partial charge in [0.25, 0.3) is 0 Å². The van der Waals surface area contributed by atoms with E-state index in [9.17, 15) is 0 Å². The summed E-state index contributed by atoms with van der Waals surface area (Å²) in [6, 6.07) is 3.83. The van der Waals surface area contributed by atoms with Crippen LogP contribution in [0.4, 0.5) is 0 Å². The van der Waals surface area contributed by atoms with Crippen molar-refractivity contribution in [2.24, 2.45) is 5.92 Å². The molecule has 0 N–H and O–H groups in total. The van der Waals surface area contributed by atoms with Crippen LogP contribution in [0.2, 0.25) is 5.02 Å². The summed E-state index contributed by atoms with van der Waals surface area (Å²) in [5, 5.41) is 0.844. The fourth-order valence-electron chi connectivity index (χ4n) is 1.84. The number of methoxy groups -OCH3 is 1. The Labute approximate surface area is 89.3 Å². The van der Waals surface area contributed by atoms with Crippen LogP contribution in [0.5, 0.6) is 5.75 Å². The highest BCUT2D eigenvalue weighted by molar-refractivity contribution is 6.31. The molecule has 0 heterocycles. The summed E-state index contributed by atoms with van der Waals surface area (Å²) in [7, 11) is 1.69. The molecule has 0 bridgehead atoms. The molecule has 1 aromatic rings. The second-order valence-electron chi connectivity index (χ2n) is 3.68. The number of allylic oxidation sites excluding steroid dienone is 1. The average Bonchev–Trinajstić information content (AvgIpc) is 2.19. The predicted molar refractivity (Wildman–Crippen MR) is 59.9 cm³/mol. The van der Waals surface area contributed by atoms with Gasteiger partial charge in [0.2, 0.25) is 0 Å². The van der Waals surface area contributed by atoms with Crippen molar-refractivity contribution < 1.29 is 4.74 Å². The summed E-state index contributed by atoms with van der Waals surface area (Å²) >= 11 is 6.15. The number of ether oxygens (including phenoxy) is 1. The highest BCUT2D eigenvalue weighted by Gasteiger charge is 2.16. The maximum Gasteiger partial charge on any atom is 0.126 e. The SMILES string of the molecule is COc1ccc(Cl)c2c1C=CC(C)C2. The van der Waals surface area contributed by atoms with Crippen molar-refractivity contribution in [1.82, 2.24) is 0 Å². The number of halogens is 1. The first-order valence-electron chi connectivity index (χ1n) is 4.76. The first-order valence-corrected chi connectivity index (χ1v) is 5.13. The Balaban J connectivity index is 2.57. The van der Waals surface area contributed by atoms with Gasteiger partial charge in [-0.15, -0.1) is 0 Å². The standard InChI is InChI=1S/C12H13ClO/c1-8-3-4-9-10(7-8)11(13)5-6-12(9)14-2/h3-6,8H,7H2,1-2H3. The van der Waals surface area contributed by atoms with E-state index < -0.39 is 0 Å². The van der Waals surface area contributed by atoms with Crippen LogP contribution in [0.3, 0.4) is 0 Å². The molecule has 0 aliphatic heterocycles. The van der Waals surface area contributed by atoms with Crippen LogP contribution in [-0.4, -0.2) is 7.11 Å². The van der Waals surface area contributed by atoms with Crippen molar-refractivity contribution in [2.75, 3.05) is 7.11 Å². The molecule has 0 amide bonds. The summed E-state index contributed by atoms with van der Waals surface area (Å²) in [5.41, 5.74) is 2.35. The Morgan fingerprint density at radius 1 is 1.43 bits per heavy atom. The predicted octanol–water partition coefficient (Wildman–Crippen LogP) is 3.55. The van der Waals surface area contributed by atoms with E-state index >= 15 is 0 Å². The lowest BCUT2D eigenvalue weighted by Gasteiger charge is -2.19. The van der Waals surface area contributed by atoms with Crippen LogP contribution in [0.25, 0.3) is 6.08 Å². The minimum absolute atomic E-state index is 0.562. The topological polar surface area (TPSA) is 9.23 Å². The smallest absolute Gasteiger partial charge is 0.126 e. The highest BCUT2D eigenvalue weighted by atomic mass is 35.5. The largest absolute Gasteiger partial charge is 0.496 e. The summed E-state index contributed by atoms with van der Waals surface area (Å²) in [6.45, 7) is 2.19. The van der Waals surface area contributed by atoms with E-state index in [1.807, 2.05) is 12.1 Å². The van der Waals surface area contributed by atoms with E-state index in [2.05, 4.69) is 19.1 Å². The van der Waals surface area contributed by atoms with Gasteiger partial charge >= 0.3 is 0 Å². The number of fused-ring (bicyclic) bond motifs is 1. The van der Waals surface area contributed by atoms with Crippen molar-refractivity contribution in [1.29, 1.82) is 0 Å². The minimum Gasteiger partial charge on any atom is -0.496 e. The molecule has 0 saturated carbocycles. The molecule has 1 atom stereocenters. The number of rotatable bonds is 1. The second-order valence-corrected chi connectivity index (χ2v) is 4.09. The fraction of sp³-hybridized carbons (Fsp3) is 0.333. The summed E-state index contributed by atoms with van der Waals surface area (Å²) in [6.07, 6.45) is 5.30. The highest BCUT2D eigenvalue weighted by Crippen LogP contribution is 2.34. The van der Waals surface area contributed by atoms with Gasteiger partial charge in [0.1, 0.15) is 5.75 Å². The maximum atomic E-state index is 6.15. The van der Waals surface area contributed by atoms with Crippen LogP contribution in [-0.2, 0) is 6.42 Å². The van der Waals surface area contributed by atoms with E-state index in [1.165, 1.54) is 5.56 Å². The molecule has 2 rings (SSSR count). The number of hydrogen-bond acceptors (Lipinski definition) is 1. The van der Waals surface area contributed by atoms with Gasteiger partial charge in [-0.05, 0) is 30.0 Å². The minimum atomic E-state index is 0.562. The normalized spacial score (nSPS) is 19.2. The van der Waals surface area contributed by atoms with Crippen molar-refractivity contribution in [3.8, 4) is 5.75 Å². The molecule has 0 aromatic heterocycles. The zero-order valence-corrected chi connectivity index (χ0v) is 9.14. The van der Waals surface area contributed by atoms with Crippen LogP contribution in [0.1, 0.15) is 18.1 Å². The van der Waals surface area contributed by atoms with Crippen molar-refractivity contribution in [2.45, 2.75) is 13.3 Å². The second kappa shape index (κ2) is 3.66. The van der Waals surface area contributed by atoms with Crippen LogP contribution < -0.4 is 4.74 Å². The van der Waals surface area contributed by atoms with Crippen molar-refractivity contribution in [3.63, 3.8) is 0 Å². The van der Waals surface area contributed by atoms with Gasteiger partial charge in [0.05, 0.1) is 7.11 Å². The third-order valence-corrected chi connectivity index (χ3v) is 2.95. The molecule has 74 valence electrons. The van der Waals surface area contributed by atoms with E-state index in [4.69, 9.17) is 16.3 Å². The van der Waals surface area contributed by atoms with Gasteiger partial charge < -0.3 is 4.74 Å². The molecule has 2 heteroatoms. The Bertz CT molecular complexity index is 382. The number of hydrogen-bond donors (Lipinski definition) is 0. The first-order chi connectivity index (χ1) is 6.72. The summed E-state index contributed by atoms with van der Waals surface area (Å²) in [5.74, 6) is 1.47. The van der Waals surface area contributed by atoms with Gasteiger partial charge in [-0.3, -0.25) is 0 Å². The third-order valence-electron chi connectivity index (χ3n) is 2.60. The Morgan fingerprint density at radius 2 is 2.21 bits per heavy atom. The molecule has 0 spiro atoms. The van der Waals surface area contributed by atoms with E-state index in [-0.39, 0.29) is 0 Å². The Kier molecular flexibility index (Phi) is 2.51. The molecular formula is C12H13ClO. The maximum absolute atomic E-state index is 6.15. The summed E-state index contributed by atoms with van der Waals surface area (Å²) < 4.78 is 5.29. The molecule has 1 aliphatic carbocycles. The lowest BCUT2D eigenvalue weighted by Crippen LogP contribution is -2.05. The Hall–Kier alpha value is -0.950. The zero-order chi connectivity index (χ0) is 10.1. The fourth-order valence-corrected chi connectivity index (χ4v) is 2.08. The average molecular weight is 209 g/mol. The quantitative estimate of drug-likeness (QED) is 0.686. The molecule has 0 saturated heterocycles. The molecule has 1 aliphatic rings. The lowest BCUT2D eigenvalue weighted by atomic mass is 9.90. The number of benzene rings is 1. The van der Waals surface area contributed by atoms with Gasteiger partial charge in [-0.1, -0.05) is 30.7 Å². The molecule has 1 unspecified atom stereocenters. The van der Waals surface area contributed by atoms with E-state index in [0.717, 1.165) is 22.8 Å². The van der Waals surface area contributed by atoms with Crippen molar-refractivity contribution >= 4 is 17.7 Å². The van der Waals surface area contributed by atoms with E-state index in [1.54, 1.807) is 7.11 Å². The molecule has 14 heavy (non-hydrogen) atoms. The van der Waals surface area contributed by atoms with E-state index in [0.29, 0.717) is 5.92 Å². The summed E-state index contributed by atoms with van der Waals surface area (Å²) in [4.78, 5) is 0. The van der Waals surface area contributed by atoms with Crippen molar-refractivity contribution in [3.05, 3.63) is 34.4 Å². The molecule has 1 aromatic carbocycles. The molecule has 0 radical (unpaired) electrons. The van der Waals surface area contributed by atoms with Crippen LogP contribution in [0, 0.1) is 5.92 Å². The van der Waals surface area contributed by atoms with Gasteiger partial charge in [0.15, 0.2) is 0 Å². The molecular weight excluding hydrogens is 196 g/mol. The third kappa shape index (κ3) is 1.53.